The van der Waals surface area contributed by atoms with Crippen molar-refractivity contribution in [2.24, 2.45) is 0 Å². The fraction of sp³-hybridized carbons (Fsp3) is 0. The van der Waals surface area contributed by atoms with Crippen LogP contribution in [0.2, 0.25) is 0 Å². The summed E-state index contributed by atoms with van der Waals surface area (Å²) < 4.78 is 9.56. The van der Waals surface area contributed by atoms with Gasteiger partial charge in [-0.3, -0.25) is 4.79 Å². The van der Waals surface area contributed by atoms with Gasteiger partial charge in [0.05, 0.1) is 12.7 Å². The lowest BCUT2D eigenvalue weighted by Crippen LogP contribution is -2.09. The van der Waals surface area contributed by atoms with Gasteiger partial charge < -0.3 is 14.6 Å². The summed E-state index contributed by atoms with van der Waals surface area (Å²) >= 11 is 19.9. The third-order valence-electron chi connectivity index (χ3n) is 4.68. The Morgan fingerprint density at radius 1 is 0.906 bits per heavy atom. The van der Waals surface area contributed by atoms with Gasteiger partial charge in [0.15, 0.2) is 16.8 Å². The summed E-state index contributed by atoms with van der Waals surface area (Å²) in [7, 11) is 0. The first-order valence-corrected chi connectivity index (χ1v) is 14.7. The molecule has 0 spiro atoms. The van der Waals surface area contributed by atoms with E-state index in [0.29, 0.717) is 62.0 Å². The summed E-state index contributed by atoms with van der Waals surface area (Å²) in [5, 5.41) is 21.3. The molecule has 164 valence electrons. The van der Waals surface area contributed by atoms with Crippen LogP contribution >= 0.6 is 131 Å². The highest BCUT2D eigenvalue weighted by molar-refractivity contribution is 14.1. The molecule has 32 heavy (non-hydrogen) atoms. The molecule has 0 saturated carbocycles. The number of fused-ring (bicyclic) bond motifs is 2. The molecule has 2 aromatic carbocycles. The molecular formula is C20H5Br4I3O5. The molecule has 0 saturated heterocycles. The van der Waals surface area contributed by atoms with Crippen molar-refractivity contribution in [1.82, 2.24) is 0 Å². The Balaban J connectivity index is 2.40. The van der Waals surface area contributed by atoms with Crippen molar-refractivity contribution in [3.05, 3.63) is 62.6 Å². The van der Waals surface area contributed by atoms with Gasteiger partial charge in [0.25, 0.3) is 0 Å². The average Bonchev–Trinajstić information content (AvgIpc) is 2.75. The Morgan fingerprint density at radius 3 is 2.16 bits per heavy atom. The van der Waals surface area contributed by atoms with Gasteiger partial charge in [-0.2, -0.15) is 0 Å². The summed E-state index contributed by atoms with van der Waals surface area (Å²) in [4.78, 5) is 24.8. The molecule has 0 aromatic heterocycles. The Hall–Kier alpha value is 0.510. The zero-order valence-electron chi connectivity index (χ0n) is 15.0. The van der Waals surface area contributed by atoms with Crippen molar-refractivity contribution in [3.8, 4) is 28.2 Å². The van der Waals surface area contributed by atoms with Gasteiger partial charge in [0.2, 0.25) is 0 Å². The lowest BCUT2D eigenvalue weighted by molar-refractivity contribution is 0.0696. The smallest absolute Gasteiger partial charge is 0.337 e. The number of phenols is 1. The summed E-state index contributed by atoms with van der Waals surface area (Å²) in [5.41, 5.74) is 1.70. The molecule has 1 aliphatic heterocycles. The molecule has 1 heterocycles. The molecule has 0 unspecified atom stereocenters. The van der Waals surface area contributed by atoms with Crippen LogP contribution in [-0.4, -0.2) is 16.2 Å². The molecule has 12 heteroatoms. The molecule has 2 aromatic rings. The van der Waals surface area contributed by atoms with E-state index in [0.717, 1.165) is 0 Å². The minimum absolute atomic E-state index is 0.0278. The standard InChI is InChI=1S/C20H5Br4I3O5/c21-11-9(10(20(30)31)12(22)14(24)13(11)23)8-4-1-2-7(28)15(26)18(4)32-19-5(8)3-6(25)17(29)16(19)27/h1-3,29H,(H,30,31). The number of rotatable bonds is 2. The summed E-state index contributed by atoms with van der Waals surface area (Å²) in [5.74, 6) is -0.768. The molecule has 0 fully saturated rings. The summed E-state index contributed by atoms with van der Waals surface area (Å²) in [6.45, 7) is 0. The first-order valence-electron chi connectivity index (χ1n) is 8.32. The van der Waals surface area contributed by atoms with E-state index >= 15 is 0 Å². The highest BCUT2D eigenvalue weighted by Gasteiger charge is 2.31. The number of carboxylic acid groups (broad SMARTS) is 1. The second-order valence-corrected chi connectivity index (χ2v) is 12.9. The van der Waals surface area contributed by atoms with Crippen LogP contribution in [0.25, 0.3) is 33.4 Å². The van der Waals surface area contributed by atoms with E-state index in [2.05, 4.69) is 63.7 Å². The Labute approximate surface area is 255 Å². The maximum atomic E-state index is 12.4. The maximum absolute atomic E-state index is 12.4. The number of phenolic OH excluding ortho intramolecular Hbond substituents is 1. The van der Waals surface area contributed by atoms with Gasteiger partial charge in [0, 0.05) is 40.0 Å². The number of hydrogen-bond donors (Lipinski definition) is 2. The van der Waals surface area contributed by atoms with Crippen molar-refractivity contribution < 1.29 is 19.4 Å². The Bertz CT molecular complexity index is 1520. The van der Waals surface area contributed by atoms with Gasteiger partial charge >= 0.3 is 5.97 Å². The van der Waals surface area contributed by atoms with Crippen LogP contribution in [0.15, 0.2) is 45.3 Å². The molecule has 1 aliphatic carbocycles. The monoisotopic (exact) mass is 1020 g/mol. The van der Waals surface area contributed by atoms with Crippen LogP contribution in [0.1, 0.15) is 10.4 Å². The summed E-state index contributed by atoms with van der Waals surface area (Å²) in [6, 6.07) is 4.81. The molecule has 0 radical (unpaired) electrons. The molecular weight excluding hydrogens is 1020 g/mol. The van der Waals surface area contributed by atoms with E-state index in [1.54, 1.807) is 12.1 Å². The Kier molecular flexibility index (Phi) is 7.61. The Morgan fingerprint density at radius 2 is 1.53 bits per heavy atom. The van der Waals surface area contributed by atoms with Gasteiger partial charge in [-0.25, -0.2) is 4.79 Å². The first-order chi connectivity index (χ1) is 15.0. The van der Waals surface area contributed by atoms with Gasteiger partial charge in [-0.1, -0.05) is 0 Å². The zero-order chi connectivity index (χ0) is 23.6. The lowest BCUT2D eigenvalue weighted by atomic mass is 9.90. The normalized spacial score (nSPS) is 11.5. The number of halogens is 7. The molecule has 4 rings (SSSR count). The molecule has 0 atom stereocenters. The highest BCUT2D eigenvalue weighted by atomic mass is 127. The second-order valence-electron chi connectivity index (χ2n) is 6.44. The predicted octanol–water partition coefficient (Wildman–Crippen LogP) is 8.83. The van der Waals surface area contributed by atoms with Gasteiger partial charge in [-0.15, -0.1) is 0 Å². The molecule has 2 aliphatic rings. The molecule has 0 amide bonds. The number of aromatic carboxylic acids is 1. The fourth-order valence-electron chi connectivity index (χ4n) is 3.30. The van der Waals surface area contributed by atoms with Crippen LogP contribution in [0.4, 0.5) is 0 Å². The minimum atomic E-state index is -1.14. The predicted molar refractivity (Wildman–Crippen MR) is 162 cm³/mol. The zero-order valence-corrected chi connectivity index (χ0v) is 27.8. The maximum Gasteiger partial charge on any atom is 0.337 e. The highest BCUT2D eigenvalue weighted by Crippen LogP contribution is 2.52. The number of carboxylic acids is 1. The first kappa shape index (κ1) is 25.6. The van der Waals surface area contributed by atoms with Crippen molar-refractivity contribution in [2.75, 3.05) is 0 Å². The number of carbonyl (C=O) groups is 1. The lowest BCUT2D eigenvalue weighted by Gasteiger charge is -2.21. The van der Waals surface area contributed by atoms with Crippen molar-refractivity contribution in [1.29, 1.82) is 0 Å². The van der Waals surface area contributed by atoms with Crippen LogP contribution in [-0.2, 0) is 0 Å². The van der Waals surface area contributed by atoms with Gasteiger partial charge in [0.1, 0.15) is 9.32 Å². The quantitative estimate of drug-likeness (QED) is 0.0908. The van der Waals surface area contributed by atoms with E-state index in [4.69, 9.17) is 4.42 Å². The van der Waals surface area contributed by atoms with Crippen LogP contribution < -0.4 is 5.43 Å². The molecule has 5 nitrogen and oxygen atoms in total. The van der Waals surface area contributed by atoms with E-state index in [1.165, 1.54) is 6.07 Å². The largest absolute Gasteiger partial charge is 0.506 e. The van der Waals surface area contributed by atoms with Crippen molar-refractivity contribution in [3.63, 3.8) is 0 Å². The van der Waals surface area contributed by atoms with E-state index < -0.39 is 5.97 Å². The number of hydrogen-bond acceptors (Lipinski definition) is 4. The van der Waals surface area contributed by atoms with E-state index in [-0.39, 0.29) is 16.7 Å². The topological polar surface area (TPSA) is 87.7 Å². The minimum Gasteiger partial charge on any atom is -0.506 e. The third-order valence-corrected chi connectivity index (χ3v) is 12.3. The fourth-order valence-corrected chi connectivity index (χ4v) is 8.15. The van der Waals surface area contributed by atoms with Crippen LogP contribution in [0.3, 0.4) is 0 Å². The van der Waals surface area contributed by atoms with Crippen molar-refractivity contribution in [2.45, 2.75) is 0 Å². The van der Waals surface area contributed by atoms with Crippen LogP contribution in [0, 0.1) is 10.7 Å². The van der Waals surface area contributed by atoms with Crippen molar-refractivity contribution >= 4 is 148 Å². The SMILES string of the molecule is O=C(O)c1c(Br)c(Br)c(Br)c(Br)c1-c1c2ccc(=O)c(I)c-2oc2c(I)c(O)c(I)cc12. The average molecular weight is 1030 g/mol. The molecule has 2 N–H and O–H groups in total. The number of aromatic hydroxyl groups is 1. The number of benzene rings is 3. The van der Waals surface area contributed by atoms with Gasteiger partial charge in [-0.05, 0) is 150 Å². The molecule has 0 bridgehead atoms. The van der Waals surface area contributed by atoms with E-state index in [1.807, 2.05) is 67.8 Å². The third kappa shape index (κ3) is 4.00. The van der Waals surface area contributed by atoms with E-state index in [9.17, 15) is 19.8 Å². The second kappa shape index (κ2) is 9.52. The summed E-state index contributed by atoms with van der Waals surface area (Å²) in [6.07, 6.45) is 0. The van der Waals surface area contributed by atoms with Crippen LogP contribution in [0.5, 0.6) is 5.75 Å².